The van der Waals surface area contributed by atoms with Crippen LogP contribution in [0.25, 0.3) is 0 Å². The molecule has 8 nitrogen and oxygen atoms in total. The van der Waals surface area contributed by atoms with Gasteiger partial charge in [0.2, 0.25) is 5.28 Å². The molecular formula is C13H17ClN6O2. The van der Waals surface area contributed by atoms with E-state index in [9.17, 15) is 9.59 Å². The fourth-order valence-electron chi connectivity index (χ4n) is 2.84. The van der Waals surface area contributed by atoms with Crippen LogP contribution in [0.2, 0.25) is 5.28 Å². The molecule has 1 saturated heterocycles. The predicted octanol–water partition coefficient (Wildman–Crippen LogP) is 0.279. The number of rotatable bonds is 0. The summed E-state index contributed by atoms with van der Waals surface area (Å²) in [6.45, 7) is 1.40. The highest BCUT2D eigenvalue weighted by atomic mass is 35.5. The average Bonchev–Trinajstić information content (AvgIpc) is 2.51. The number of aromatic nitrogens is 2. The molecule has 0 saturated carbocycles. The van der Waals surface area contributed by atoms with E-state index in [1.165, 1.54) is 9.80 Å². The van der Waals surface area contributed by atoms with Crippen molar-refractivity contribution in [2.75, 3.05) is 50.6 Å². The Balaban J connectivity index is 1.94. The maximum Gasteiger partial charge on any atom is 0.319 e. The molecule has 1 atom stereocenters. The van der Waals surface area contributed by atoms with E-state index in [0.29, 0.717) is 31.1 Å². The van der Waals surface area contributed by atoms with Crippen molar-refractivity contribution in [3.63, 3.8) is 0 Å². The summed E-state index contributed by atoms with van der Waals surface area (Å²) in [6, 6.07) is -0.539. The minimum Gasteiger partial charge on any atom is -0.339 e. The van der Waals surface area contributed by atoms with Gasteiger partial charge in [0.1, 0.15) is 11.7 Å². The molecule has 2 aliphatic rings. The number of likely N-dealkylation sites (N-methyl/N-ethyl adjacent to an activating group) is 1. The van der Waals surface area contributed by atoms with E-state index < -0.39 is 6.04 Å². The van der Waals surface area contributed by atoms with E-state index in [1.807, 2.05) is 4.90 Å². The second-order valence-electron chi connectivity index (χ2n) is 5.58. The number of hydrogen-bond donors (Lipinski definition) is 0. The van der Waals surface area contributed by atoms with Crippen molar-refractivity contribution in [1.82, 2.24) is 19.8 Å². The summed E-state index contributed by atoms with van der Waals surface area (Å²) in [4.78, 5) is 39.5. The first kappa shape index (κ1) is 14.8. The zero-order chi connectivity index (χ0) is 16.0. The van der Waals surface area contributed by atoms with Crippen LogP contribution >= 0.6 is 11.6 Å². The zero-order valence-electron chi connectivity index (χ0n) is 12.7. The van der Waals surface area contributed by atoms with E-state index in [0.717, 1.165) is 0 Å². The summed E-state index contributed by atoms with van der Waals surface area (Å²) >= 11 is 5.89. The van der Waals surface area contributed by atoms with Crippen LogP contribution in [0.4, 0.5) is 16.3 Å². The number of carbonyl (C=O) groups is 2. The van der Waals surface area contributed by atoms with Crippen LogP contribution in [0.15, 0.2) is 6.20 Å². The number of anilines is 2. The van der Waals surface area contributed by atoms with Crippen molar-refractivity contribution < 1.29 is 9.59 Å². The van der Waals surface area contributed by atoms with Gasteiger partial charge >= 0.3 is 6.03 Å². The normalized spacial score (nSPS) is 20.6. The molecule has 3 rings (SSSR count). The van der Waals surface area contributed by atoms with E-state index in [2.05, 4.69) is 9.97 Å². The summed E-state index contributed by atoms with van der Waals surface area (Å²) in [7, 11) is 5.08. The molecule has 118 valence electrons. The Bertz CT molecular complexity index is 637. The van der Waals surface area contributed by atoms with Crippen LogP contribution in [0, 0.1) is 0 Å². The third kappa shape index (κ3) is 2.23. The van der Waals surface area contributed by atoms with Crippen molar-refractivity contribution >= 4 is 35.0 Å². The second kappa shape index (κ2) is 5.28. The molecule has 3 heterocycles. The molecule has 0 spiro atoms. The molecule has 1 aromatic rings. The summed E-state index contributed by atoms with van der Waals surface area (Å²) < 4.78 is 0. The summed E-state index contributed by atoms with van der Waals surface area (Å²) in [5, 5.41) is 0.145. The smallest absolute Gasteiger partial charge is 0.319 e. The Morgan fingerprint density at radius 2 is 2.14 bits per heavy atom. The average molecular weight is 325 g/mol. The molecule has 0 bridgehead atoms. The third-order valence-corrected chi connectivity index (χ3v) is 4.19. The van der Waals surface area contributed by atoms with Gasteiger partial charge in [0, 0.05) is 34.2 Å². The first-order chi connectivity index (χ1) is 10.4. The van der Waals surface area contributed by atoms with Crippen molar-refractivity contribution in [2.24, 2.45) is 0 Å². The van der Waals surface area contributed by atoms with Crippen molar-refractivity contribution in [3.8, 4) is 0 Å². The largest absolute Gasteiger partial charge is 0.339 e. The van der Waals surface area contributed by atoms with Gasteiger partial charge in [0.15, 0.2) is 5.82 Å². The Morgan fingerprint density at radius 3 is 2.82 bits per heavy atom. The van der Waals surface area contributed by atoms with Crippen LogP contribution in [0.5, 0.6) is 0 Å². The van der Waals surface area contributed by atoms with Crippen molar-refractivity contribution in [1.29, 1.82) is 0 Å². The second-order valence-corrected chi connectivity index (χ2v) is 5.92. The Kier molecular flexibility index (Phi) is 3.56. The molecule has 22 heavy (non-hydrogen) atoms. The lowest BCUT2D eigenvalue weighted by Crippen LogP contribution is -2.64. The van der Waals surface area contributed by atoms with Crippen LogP contribution in [-0.4, -0.2) is 78.5 Å². The minimum atomic E-state index is -0.443. The van der Waals surface area contributed by atoms with Gasteiger partial charge in [-0.3, -0.25) is 4.79 Å². The topological polar surface area (TPSA) is 72.9 Å². The molecule has 0 N–H and O–H groups in total. The maximum atomic E-state index is 12.6. The molecule has 0 aromatic carbocycles. The lowest BCUT2D eigenvalue weighted by Gasteiger charge is -2.46. The maximum absolute atomic E-state index is 12.6. The standard InChI is InChI=1S/C13H17ClN6O2/c1-17(2)13(22)19-4-5-20-9(7-19)11(21)18(3)8-6-15-12(14)16-10(8)20/h6,9H,4-5,7H2,1-3H3. The first-order valence-electron chi connectivity index (χ1n) is 6.93. The Hall–Kier alpha value is -2.09. The molecule has 1 fully saturated rings. The van der Waals surface area contributed by atoms with Crippen LogP contribution in [0.1, 0.15) is 0 Å². The number of halogens is 1. The van der Waals surface area contributed by atoms with E-state index >= 15 is 0 Å². The van der Waals surface area contributed by atoms with Gasteiger partial charge in [-0.1, -0.05) is 0 Å². The monoisotopic (exact) mass is 324 g/mol. The number of piperazine rings is 1. The zero-order valence-corrected chi connectivity index (χ0v) is 13.4. The predicted molar refractivity (Wildman–Crippen MR) is 82.2 cm³/mol. The summed E-state index contributed by atoms with van der Waals surface area (Å²) in [5.74, 6) is 0.568. The molecule has 0 aliphatic carbocycles. The minimum absolute atomic E-state index is 0.0744. The van der Waals surface area contributed by atoms with Crippen molar-refractivity contribution in [2.45, 2.75) is 6.04 Å². The van der Waals surface area contributed by atoms with Gasteiger partial charge in [0.05, 0.1) is 12.7 Å². The summed E-state index contributed by atoms with van der Waals surface area (Å²) in [6.07, 6.45) is 1.55. The highest BCUT2D eigenvalue weighted by Crippen LogP contribution is 2.35. The van der Waals surface area contributed by atoms with Gasteiger partial charge in [-0.2, -0.15) is 4.98 Å². The molecule has 3 amide bonds. The molecule has 0 radical (unpaired) electrons. The quantitative estimate of drug-likeness (QED) is 0.641. The molecule has 2 aliphatic heterocycles. The lowest BCUT2D eigenvalue weighted by molar-refractivity contribution is -0.120. The van der Waals surface area contributed by atoms with Crippen LogP contribution < -0.4 is 9.80 Å². The Labute approximate surface area is 133 Å². The van der Waals surface area contributed by atoms with Gasteiger partial charge in [-0.25, -0.2) is 9.78 Å². The fourth-order valence-corrected chi connectivity index (χ4v) is 2.97. The van der Waals surface area contributed by atoms with Crippen LogP contribution in [0.3, 0.4) is 0 Å². The molecule has 1 unspecified atom stereocenters. The van der Waals surface area contributed by atoms with Gasteiger partial charge in [-0.15, -0.1) is 0 Å². The molecule has 9 heteroatoms. The highest BCUT2D eigenvalue weighted by molar-refractivity contribution is 6.28. The highest BCUT2D eigenvalue weighted by Gasteiger charge is 2.42. The number of carbonyl (C=O) groups excluding carboxylic acids is 2. The Morgan fingerprint density at radius 1 is 1.41 bits per heavy atom. The summed E-state index contributed by atoms with van der Waals surface area (Å²) in [5.41, 5.74) is 0.637. The lowest BCUT2D eigenvalue weighted by atomic mass is 10.1. The third-order valence-electron chi connectivity index (χ3n) is 4.00. The van der Waals surface area contributed by atoms with Gasteiger partial charge in [0.25, 0.3) is 5.91 Å². The van der Waals surface area contributed by atoms with E-state index in [-0.39, 0.29) is 17.2 Å². The van der Waals surface area contributed by atoms with E-state index in [1.54, 1.807) is 32.2 Å². The van der Waals surface area contributed by atoms with E-state index in [4.69, 9.17) is 11.6 Å². The van der Waals surface area contributed by atoms with Gasteiger partial charge in [-0.05, 0) is 11.6 Å². The number of nitrogens with zero attached hydrogens (tertiary/aromatic N) is 6. The van der Waals surface area contributed by atoms with Crippen LogP contribution in [-0.2, 0) is 4.79 Å². The number of hydrogen-bond acceptors (Lipinski definition) is 5. The number of amides is 3. The molecular weight excluding hydrogens is 308 g/mol. The SMILES string of the molecule is CN(C)C(=O)N1CCN2c3nc(Cl)ncc3N(C)C(=O)C2C1. The molecule has 1 aromatic heterocycles. The number of fused-ring (bicyclic) bond motifs is 3. The van der Waals surface area contributed by atoms with Crippen molar-refractivity contribution in [3.05, 3.63) is 11.5 Å². The number of urea groups is 1. The fraction of sp³-hybridized carbons (Fsp3) is 0.538. The first-order valence-corrected chi connectivity index (χ1v) is 7.31. The van der Waals surface area contributed by atoms with Gasteiger partial charge < -0.3 is 19.6 Å².